The number of nitrogens with one attached hydrogen (secondary N) is 2. The molecule has 8 heteroatoms. The number of terminal acetylenes is 1. The van der Waals surface area contributed by atoms with Crippen molar-refractivity contribution in [2.45, 2.75) is 96.0 Å². The lowest BCUT2D eigenvalue weighted by Crippen LogP contribution is -2.31. The third kappa shape index (κ3) is 8.26. The quantitative estimate of drug-likeness (QED) is 0.191. The van der Waals surface area contributed by atoms with E-state index < -0.39 is 24.1 Å². The molecule has 0 bridgehead atoms. The molecule has 174 valence electrons. The first-order valence-corrected chi connectivity index (χ1v) is 11.6. The summed E-state index contributed by atoms with van der Waals surface area (Å²) in [6, 6.07) is 0. The second-order valence-corrected chi connectivity index (χ2v) is 8.19. The molecule has 0 unspecified atom stereocenters. The van der Waals surface area contributed by atoms with Gasteiger partial charge in [-0.05, 0) is 6.42 Å². The van der Waals surface area contributed by atoms with Crippen molar-refractivity contribution in [3.05, 3.63) is 22.2 Å². The fourth-order valence-electron chi connectivity index (χ4n) is 3.77. The molecule has 0 amide bonds. The van der Waals surface area contributed by atoms with E-state index in [-0.39, 0.29) is 13.0 Å². The molecule has 31 heavy (non-hydrogen) atoms. The number of hydrogen-bond acceptors (Lipinski definition) is 7. The van der Waals surface area contributed by atoms with Gasteiger partial charge < -0.3 is 20.4 Å². The van der Waals surface area contributed by atoms with E-state index in [4.69, 9.17) is 11.2 Å². The Hall–Kier alpha value is -1.92. The van der Waals surface area contributed by atoms with Gasteiger partial charge in [0.1, 0.15) is 12.3 Å². The normalized spacial score (nSPS) is 20.6. The average Bonchev–Trinajstić information content (AvgIpc) is 3.15. The van der Waals surface area contributed by atoms with Gasteiger partial charge in [-0.25, -0.2) is 10.2 Å². The van der Waals surface area contributed by atoms with Gasteiger partial charge >= 0.3 is 5.69 Å². The molecule has 0 aromatic carbocycles. The number of ether oxygens (including phenoxy) is 1. The highest BCUT2D eigenvalue weighted by atomic mass is 16.5. The summed E-state index contributed by atoms with van der Waals surface area (Å²) < 4.78 is 6.79. The SMILES string of the molecule is C#Cc1cn([C@H]2C[C@H](O)[C@@H](CO)O2)c(=O)nc1NNCCCCCCCCCCCC. The highest BCUT2D eigenvalue weighted by Gasteiger charge is 2.35. The fourth-order valence-corrected chi connectivity index (χ4v) is 3.77. The van der Waals surface area contributed by atoms with Crippen LogP contribution in [0.4, 0.5) is 5.82 Å². The number of anilines is 1. The van der Waals surface area contributed by atoms with E-state index in [1.807, 2.05) is 0 Å². The lowest BCUT2D eigenvalue weighted by Gasteiger charge is -2.16. The van der Waals surface area contributed by atoms with Crippen molar-refractivity contribution < 1.29 is 14.9 Å². The highest BCUT2D eigenvalue weighted by Crippen LogP contribution is 2.27. The molecular weight excluding hydrogens is 396 g/mol. The van der Waals surface area contributed by atoms with Crippen molar-refractivity contribution >= 4 is 5.82 Å². The second kappa shape index (κ2) is 14.2. The summed E-state index contributed by atoms with van der Waals surface area (Å²) in [5.41, 5.74) is 5.90. The topological polar surface area (TPSA) is 109 Å². The summed E-state index contributed by atoms with van der Waals surface area (Å²) in [6.07, 6.45) is 17.8. The Morgan fingerprint density at radius 1 is 1.19 bits per heavy atom. The molecular formula is C23H38N4O4. The molecule has 0 aliphatic carbocycles. The number of nitrogens with zero attached hydrogens (tertiary/aromatic N) is 2. The van der Waals surface area contributed by atoms with Crippen LogP contribution in [0.15, 0.2) is 11.0 Å². The van der Waals surface area contributed by atoms with Gasteiger partial charge in [-0.2, -0.15) is 4.98 Å². The van der Waals surface area contributed by atoms with Gasteiger partial charge in [0, 0.05) is 19.2 Å². The molecule has 1 aliphatic heterocycles. The Labute approximate surface area is 185 Å². The van der Waals surface area contributed by atoms with Gasteiger partial charge in [-0.3, -0.25) is 4.57 Å². The van der Waals surface area contributed by atoms with E-state index in [2.05, 4.69) is 28.7 Å². The number of rotatable bonds is 15. The van der Waals surface area contributed by atoms with Crippen LogP contribution in [0.3, 0.4) is 0 Å². The number of hydrazine groups is 1. The van der Waals surface area contributed by atoms with Crippen LogP contribution in [-0.2, 0) is 4.74 Å². The van der Waals surface area contributed by atoms with Gasteiger partial charge in [0.15, 0.2) is 5.82 Å². The van der Waals surface area contributed by atoms with E-state index in [9.17, 15) is 15.0 Å². The first kappa shape index (κ1) is 25.3. The van der Waals surface area contributed by atoms with Crippen molar-refractivity contribution in [3.8, 4) is 12.3 Å². The summed E-state index contributed by atoms with van der Waals surface area (Å²) in [5.74, 6) is 2.82. The zero-order chi connectivity index (χ0) is 22.5. The first-order chi connectivity index (χ1) is 15.1. The van der Waals surface area contributed by atoms with E-state index in [1.165, 1.54) is 62.1 Å². The molecule has 1 fully saturated rings. The van der Waals surface area contributed by atoms with Gasteiger partial charge in [0.2, 0.25) is 0 Å². The lowest BCUT2D eigenvalue weighted by atomic mass is 10.1. The standard InChI is InChI=1S/C23H38N4O4/c1-3-5-6-7-8-9-10-11-12-13-14-24-26-22-18(4-2)16-27(23(30)25-22)21-15-19(29)20(17-28)31-21/h2,16,19-21,24,28-29H,3,5-15,17H2,1H3,(H,25,26,30)/t19-,20+,21+/m0/s1. The predicted octanol–water partition coefficient (Wildman–Crippen LogP) is 2.70. The third-order valence-electron chi connectivity index (χ3n) is 5.66. The molecule has 1 saturated heterocycles. The van der Waals surface area contributed by atoms with Crippen LogP contribution in [0.5, 0.6) is 0 Å². The number of unbranched alkanes of at least 4 members (excludes halogenated alkanes) is 9. The van der Waals surface area contributed by atoms with Crippen molar-refractivity contribution in [3.63, 3.8) is 0 Å². The minimum absolute atomic E-state index is 0.195. The summed E-state index contributed by atoms with van der Waals surface area (Å²) in [5, 5.41) is 19.1. The summed E-state index contributed by atoms with van der Waals surface area (Å²) in [4.78, 5) is 16.4. The average molecular weight is 435 g/mol. The van der Waals surface area contributed by atoms with E-state index in [0.717, 1.165) is 19.4 Å². The van der Waals surface area contributed by atoms with Crippen LogP contribution < -0.4 is 16.5 Å². The van der Waals surface area contributed by atoms with Gasteiger partial charge in [0.25, 0.3) is 0 Å². The number of aromatic nitrogens is 2. The molecule has 1 aromatic heterocycles. The Bertz CT molecular complexity index is 746. The predicted molar refractivity (Wildman–Crippen MR) is 122 cm³/mol. The molecule has 4 N–H and O–H groups in total. The minimum Gasteiger partial charge on any atom is -0.394 e. The zero-order valence-electron chi connectivity index (χ0n) is 18.7. The van der Waals surface area contributed by atoms with Crippen LogP contribution in [0.1, 0.15) is 89.3 Å². The monoisotopic (exact) mass is 434 g/mol. The van der Waals surface area contributed by atoms with Crippen molar-refractivity contribution in [2.75, 3.05) is 18.6 Å². The molecule has 1 aromatic rings. The zero-order valence-corrected chi connectivity index (χ0v) is 18.7. The van der Waals surface area contributed by atoms with Crippen LogP contribution in [0, 0.1) is 12.3 Å². The summed E-state index contributed by atoms with van der Waals surface area (Å²) in [6.45, 7) is 2.68. The van der Waals surface area contributed by atoms with Crippen molar-refractivity contribution in [1.29, 1.82) is 0 Å². The summed E-state index contributed by atoms with van der Waals surface area (Å²) >= 11 is 0. The number of hydrogen-bond donors (Lipinski definition) is 4. The molecule has 2 rings (SSSR count). The maximum Gasteiger partial charge on any atom is 0.351 e. The molecule has 2 heterocycles. The fraction of sp³-hybridized carbons (Fsp3) is 0.739. The summed E-state index contributed by atoms with van der Waals surface area (Å²) in [7, 11) is 0. The molecule has 0 spiro atoms. The number of aliphatic hydroxyl groups excluding tert-OH is 2. The van der Waals surface area contributed by atoms with Crippen LogP contribution in [0.25, 0.3) is 0 Å². The molecule has 0 saturated carbocycles. The van der Waals surface area contributed by atoms with Crippen molar-refractivity contribution in [2.24, 2.45) is 0 Å². The van der Waals surface area contributed by atoms with Gasteiger partial charge in [-0.1, -0.05) is 70.6 Å². The molecule has 1 aliphatic rings. The van der Waals surface area contributed by atoms with E-state index in [0.29, 0.717) is 11.4 Å². The largest absolute Gasteiger partial charge is 0.394 e. The van der Waals surface area contributed by atoms with Crippen molar-refractivity contribution in [1.82, 2.24) is 15.0 Å². The first-order valence-electron chi connectivity index (χ1n) is 11.6. The molecule has 0 radical (unpaired) electrons. The third-order valence-corrected chi connectivity index (χ3v) is 5.66. The maximum absolute atomic E-state index is 12.4. The highest BCUT2D eigenvalue weighted by molar-refractivity contribution is 5.50. The lowest BCUT2D eigenvalue weighted by molar-refractivity contribution is -0.0458. The van der Waals surface area contributed by atoms with Gasteiger partial charge in [-0.15, -0.1) is 6.42 Å². The molecule has 8 nitrogen and oxygen atoms in total. The number of aliphatic hydroxyl groups is 2. The molecule has 3 atom stereocenters. The van der Waals surface area contributed by atoms with Crippen LogP contribution >= 0.6 is 0 Å². The Balaban J connectivity index is 1.70. The maximum atomic E-state index is 12.4. The Morgan fingerprint density at radius 2 is 1.84 bits per heavy atom. The van der Waals surface area contributed by atoms with Crippen LogP contribution in [-0.4, -0.2) is 45.1 Å². The Kier molecular flexibility index (Phi) is 11.6. The van der Waals surface area contributed by atoms with Crippen LogP contribution in [0.2, 0.25) is 0 Å². The minimum atomic E-state index is -0.836. The smallest absolute Gasteiger partial charge is 0.351 e. The van der Waals surface area contributed by atoms with E-state index >= 15 is 0 Å². The van der Waals surface area contributed by atoms with Gasteiger partial charge in [0.05, 0.1) is 18.3 Å². The Morgan fingerprint density at radius 3 is 2.42 bits per heavy atom. The second-order valence-electron chi connectivity index (χ2n) is 8.19. The van der Waals surface area contributed by atoms with E-state index in [1.54, 1.807) is 0 Å².